The second-order valence-electron chi connectivity index (χ2n) is 6.55. The summed E-state index contributed by atoms with van der Waals surface area (Å²) >= 11 is 1.58. The topological polar surface area (TPSA) is 56.1 Å². The summed E-state index contributed by atoms with van der Waals surface area (Å²) in [4.78, 5) is 12.7. The number of ether oxygens (including phenoxy) is 1. The molecule has 146 valence electrons. The van der Waals surface area contributed by atoms with Crippen molar-refractivity contribution in [3.63, 3.8) is 0 Å². The summed E-state index contributed by atoms with van der Waals surface area (Å²) in [5.41, 5.74) is 4.55. The van der Waals surface area contributed by atoms with Crippen LogP contribution in [-0.2, 0) is 10.5 Å². The van der Waals surface area contributed by atoms with Crippen LogP contribution in [-0.4, -0.2) is 28.0 Å². The highest BCUT2D eigenvalue weighted by Gasteiger charge is 2.19. The number of hydrogen-bond acceptors (Lipinski definition) is 4. The molecule has 1 atom stereocenters. The van der Waals surface area contributed by atoms with Crippen LogP contribution < -0.4 is 10.1 Å². The van der Waals surface area contributed by atoms with E-state index in [9.17, 15) is 4.79 Å². The molecule has 28 heavy (non-hydrogen) atoms. The summed E-state index contributed by atoms with van der Waals surface area (Å²) in [5, 5.41) is 7.44. The fourth-order valence-electron chi connectivity index (χ4n) is 2.98. The molecule has 0 aliphatic rings. The van der Waals surface area contributed by atoms with Gasteiger partial charge in [-0.15, -0.1) is 11.8 Å². The van der Waals surface area contributed by atoms with Gasteiger partial charge >= 0.3 is 0 Å². The first-order chi connectivity index (χ1) is 13.5. The lowest BCUT2D eigenvalue weighted by atomic mass is 10.2. The van der Waals surface area contributed by atoms with Crippen molar-refractivity contribution in [3.05, 3.63) is 71.5 Å². The highest BCUT2D eigenvalue weighted by molar-refractivity contribution is 7.99. The number of amides is 1. The number of nitrogens with one attached hydrogen (secondary N) is 1. The molecule has 3 aromatic rings. The van der Waals surface area contributed by atoms with Gasteiger partial charge in [-0.3, -0.25) is 4.79 Å². The molecule has 0 bridgehead atoms. The minimum Gasteiger partial charge on any atom is -0.496 e. The van der Waals surface area contributed by atoms with Crippen LogP contribution in [0.1, 0.15) is 23.9 Å². The van der Waals surface area contributed by atoms with E-state index in [0.29, 0.717) is 5.75 Å². The number of aromatic nitrogens is 2. The number of hydrogen-bond donors (Lipinski definition) is 1. The summed E-state index contributed by atoms with van der Waals surface area (Å²) in [6, 6.07) is 17.8. The van der Waals surface area contributed by atoms with Crippen molar-refractivity contribution in [1.29, 1.82) is 0 Å². The second-order valence-corrected chi connectivity index (χ2v) is 7.88. The fraction of sp³-hybridized carbons (Fsp3) is 0.273. The molecule has 0 radical (unpaired) electrons. The largest absolute Gasteiger partial charge is 0.496 e. The molecule has 1 heterocycles. The van der Waals surface area contributed by atoms with Crippen molar-refractivity contribution < 1.29 is 9.53 Å². The lowest BCUT2D eigenvalue weighted by molar-refractivity contribution is -0.115. The van der Waals surface area contributed by atoms with Crippen LogP contribution in [0.25, 0.3) is 5.69 Å². The van der Waals surface area contributed by atoms with Gasteiger partial charge in [0.05, 0.1) is 35.1 Å². The van der Waals surface area contributed by atoms with E-state index < -0.39 is 0 Å². The molecule has 6 heteroatoms. The van der Waals surface area contributed by atoms with Gasteiger partial charge in [0.15, 0.2) is 0 Å². The summed E-state index contributed by atoms with van der Waals surface area (Å²) in [6.45, 7) is 5.80. The molecule has 0 aliphatic heterocycles. The van der Waals surface area contributed by atoms with Crippen LogP contribution in [0.2, 0.25) is 0 Å². The highest BCUT2D eigenvalue weighted by atomic mass is 32.2. The molecule has 2 aromatic carbocycles. The number of nitrogens with zero attached hydrogens (tertiary/aromatic N) is 2. The van der Waals surface area contributed by atoms with Crippen LogP contribution in [0.5, 0.6) is 5.75 Å². The van der Waals surface area contributed by atoms with E-state index in [1.54, 1.807) is 18.9 Å². The molecule has 1 N–H and O–H groups in total. The van der Waals surface area contributed by atoms with Crippen molar-refractivity contribution >= 4 is 23.4 Å². The number of para-hydroxylation sites is 2. The smallest absolute Gasteiger partial charge is 0.237 e. The van der Waals surface area contributed by atoms with Crippen molar-refractivity contribution in [2.24, 2.45) is 0 Å². The van der Waals surface area contributed by atoms with Gasteiger partial charge in [-0.1, -0.05) is 36.4 Å². The maximum Gasteiger partial charge on any atom is 0.237 e. The number of rotatable bonds is 7. The van der Waals surface area contributed by atoms with Crippen LogP contribution in [0.4, 0.5) is 5.69 Å². The maximum atomic E-state index is 12.7. The number of anilines is 1. The first kappa shape index (κ1) is 20.0. The molecule has 0 spiro atoms. The predicted molar refractivity (Wildman–Crippen MR) is 115 cm³/mol. The number of benzene rings is 2. The zero-order valence-electron chi connectivity index (χ0n) is 16.6. The molecular formula is C22H25N3O2S. The highest BCUT2D eigenvalue weighted by Crippen LogP contribution is 2.27. The van der Waals surface area contributed by atoms with Gasteiger partial charge < -0.3 is 10.1 Å². The maximum absolute atomic E-state index is 12.7. The van der Waals surface area contributed by atoms with Gasteiger partial charge in [-0.25, -0.2) is 4.68 Å². The van der Waals surface area contributed by atoms with Gasteiger partial charge in [0.25, 0.3) is 0 Å². The summed E-state index contributed by atoms with van der Waals surface area (Å²) in [7, 11) is 1.66. The van der Waals surface area contributed by atoms with Crippen molar-refractivity contribution in [2.45, 2.75) is 31.8 Å². The molecule has 0 aliphatic carbocycles. The van der Waals surface area contributed by atoms with Crippen LogP contribution in [0.15, 0.2) is 54.6 Å². The van der Waals surface area contributed by atoms with Crippen LogP contribution in [0, 0.1) is 13.8 Å². The first-order valence-corrected chi connectivity index (χ1v) is 10.2. The molecule has 0 saturated carbocycles. The first-order valence-electron chi connectivity index (χ1n) is 9.17. The lowest BCUT2D eigenvalue weighted by Gasteiger charge is -2.14. The van der Waals surface area contributed by atoms with E-state index in [1.165, 1.54) is 0 Å². The molecule has 0 saturated heterocycles. The number of carbonyl (C=O) groups excluding carboxylic acids is 1. The van der Waals surface area contributed by atoms with E-state index >= 15 is 0 Å². The Balaban J connectivity index is 1.68. The third-order valence-electron chi connectivity index (χ3n) is 4.59. The van der Waals surface area contributed by atoms with Crippen LogP contribution >= 0.6 is 11.8 Å². The van der Waals surface area contributed by atoms with E-state index in [2.05, 4.69) is 10.4 Å². The SMILES string of the molecule is COc1ccccc1CS[C@@H](C)C(=O)Nc1c(C)nn(-c2ccccc2)c1C. The van der Waals surface area contributed by atoms with Crippen LogP contribution in [0.3, 0.4) is 0 Å². The minimum atomic E-state index is -0.205. The molecule has 5 nitrogen and oxygen atoms in total. The normalized spacial score (nSPS) is 11.9. The van der Waals surface area contributed by atoms with E-state index in [-0.39, 0.29) is 11.2 Å². The average Bonchev–Trinajstić information content (AvgIpc) is 3.01. The van der Waals surface area contributed by atoms with E-state index in [1.807, 2.05) is 80.1 Å². The monoisotopic (exact) mass is 395 g/mol. The standard InChI is InChI=1S/C22H25N3O2S/c1-15-21(16(2)25(24-15)19-11-6-5-7-12-19)23-22(26)17(3)28-14-18-10-8-9-13-20(18)27-4/h5-13,17H,14H2,1-4H3,(H,23,26)/t17-/m0/s1. The summed E-state index contributed by atoms with van der Waals surface area (Å²) in [6.07, 6.45) is 0. The Kier molecular flexibility index (Phi) is 6.41. The van der Waals surface area contributed by atoms with Crippen molar-refractivity contribution in [3.8, 4) is 11.4 Å². The van der Waals surface area contributed by atoms with Crippen molar-refractivity contribution in [1.82, 2.24) is 9.78 Å². The minimum absolute atomic E-state index is 0.0290. The molecule has 1 aromatic heterocycles. The van der Waals surface area contributed by atoms with E-state index in [4.69, 9.17) is 4.74 Å². The molecule has 1 amide bonds. The Morgan fingerprint density at radius 2 is 1.82 bits per heavy atom. The van der Waals surface area contributed by atoms with Gasteiger partial charge in [-0.05, 0) is 39.0 Å². The Labute approximate surface area is 170 Å². The second kappa shape index (κ2) is 8.97. The predicted octanol–water partition coefficient (Wildman–Crippen LogP) is 4.76. The summed E-state index contributed by atoms with van der Waals surface area (Å²) < 4.78 is 7.24. The Morgan fingerprint density at radius 1 is 1.14 bits per heavy atom. The molecular weight excluding hydrogens is 370 g/mol. The Hall–Kier alpha value is -2.73. The van der Waals surface area contributed by atoms with Gasteiger partial charge in [0, 0.05) is 11.3 Å². The van der Waals surface area contributed by atoms with Gasteiger partial charge in [-0.2, -0.15) is 5.10 Å². The number of thioether (sulfide) groups is 1. The lowest BCUT2D eigenvalue weighted by Crippen LogP contribution is -2.23. The van der Waals surface area contributed by atoms with Gasteiger partial charge in [0.2, 0.25) is 5.91 Å². The van der Waals surface area contributed by atoms with Gasteiger partial charge in [0.1, 0.15) is 5.75 Å². The number of carbonyl (C=O) groups is 1. The summed E-state index contributed by atoms with van der Waals surface area (Å²) in [5.74, 6) is 1.52. The fourth-order valence-corrected chi connectivity index (χ4v) is 3.86. The number of methoxy groups -OCH3 is 1. The third-order valence-corrected chi connectivity index (χ3v) is 5.78. The molecule has 3 rings (SSSR count). The average molecular weight is 396 g/mol. The molecule has 0 fully saturated rings. The molecule has 0 unspecified atom stereocenters. The van der Waals surface area contributed by atoms with E-state index in [0.717, 1.165) is 34.1 Å². The zero-order valence-corrected chi connectivity index (χ0v) is 17.4. The Bertz CT molecular complexity index is 954. The Morgan fingerprint density at radius 3 is 2.54 bits per heavy atom. The third kappa shape index (κ3) is 4.39. The zero-order chi connectivity index (χ0) is 20.1. The quantitative estimate of drug-likeness (QED) is 0.627. The number of aryl methyl sites for hydroxylation is 1. The van der Waals surface area contributed by atoms with Crippen molar-refractivity contribution in [2.75, 3.05) is 12.4 Å².